The number of aryl methyl sites for hydroxylation is 2. The lowest BCUT2D eigenvalue weighted by Gasteiger charge is -2.18. The van der Waals surface area contributed by atoms with E-state index in [0.29, 0.717) is 46.1 Å². The minimum Gasteiger partial charge on any atom is -0.496 e. The highest BCUT2D eigenvalue weighted by atomic mass is 19.1. The quantitative estimate of drug-likeness (QED) is 0.247. The molecule has 2 N–H and O–H groups in total. The molecule has 1 aliphatic carbocycles. The molecule has 1 fully saturated rings. The van der Waals surface area contributed by atoms with E-state index >= 15 is 0 Å². The van der Waals surface area contributed by atoms with E-state index in [1.165, 1.54) is 12.1 Å². The number of ether oxygens (including phenoxy) is 1. The van der Waals surface area contributed by atoms with Gasteiger partial charge in [-0.15, -0.1) is 0 Å². The number of fused-ring (bicyclic) bond motifs is 1. The molecule has 0 radical (unpaired) electrons. The van der Waals surface area contributed by atoms with Gasteiger partial charge in [-0.1, -0.05) is 11.2 Å². The first kappa shape index (κ1) is 25.8. The molecule has 0 unspecified atom stereocenters. The van der Waals surface area contributed by atoms with E-state index in [1.54, 1.807) is 33.2 Å². The van der Waals surface area contributed by atoms with Crippen LogP contribution in [0, 0.1) is 19.7 Å². The van der Waals surface area contributed by atoms with Gasteiger partial charge >= 0.3 is 0 Å². The number of aromatic nitrogens is 2. The lowest BCUT2D eigenvalue weighted by atomic mass is 9.95. The number of nitrogens with zero attached hydrogens (tertiary/aromatic N) is 2. The third kappa shape index (κ3) is 4.52. The van der Waals surface area contributed by atoms with Gasteiger partial charge < -0.3 is 24.3 Å². The van der Waals surface area contributed by atoms with Crippen molar-refractivity contribution in [3.63, 3.8) is 0 Å². The standard InChI is InChI=1S/C31H29FN4O4/c1-17-13-26(38-4)21(16-34-31(11-12-31)30-35-18(2)40-36-30)15-23(17)20-7-10-25-24(14-20)27(29(37)33-3)28(39-25)19-5-8-22(32)9-6-19/h5-10,13-15,34H,11-12,16H2,1-4H3,(H,33,37). The smallest absolute Gasteiger partial charge is 0.255 e. The van der Waals surface area contributed by atoms with E-state index in [1.807, 2.05) is 31.2 Å². The summed E-state index contributed by atoms with van der Waals surface area (Å²) in [6.45, 7) is 4.37. The van der Waals surface area contributed by atoms with Crippen LogP contribution >= 0.6 is 0 Å². The molecule has 0 aliphatic heterocycles. The highest BCUT2D eigenvalue weighted by Gasteiger charge is 2.48. The number of nitrogens with one attached hydrogen (secondary N) is 2. The molecular weight excluding hydrogens is 511 g/mol. The van der Waals surface area contributed by atoms with Crippen LogP contribution in [0.5, 0.6) is 5.75 Å². The van der Waals surface area contributed by atoms with E-state index in [4.69, 9.17) is 13.7 Å². The third-order valence-corrected chi connectivity index (χ3v) is 7.51. The third-order valence-electron chi connectivity index (χ3n) is 7.51. The first-order chi connectivity index (χ1) is 19.3. The molecule has 204 valence electrons. The lowest BCUT2D eigenvalue weighted by Crippen LogP contribution is -2.29. The Morgan fingerprint density at radius 1 is 1.07 bits per heavy atom. The maximum absolute atomic E-state index is 13.6. The zero-order chi connectivity index (χ0) is 28.0. The molecule has 5 aromatic rings. The number of rotatable bonds is 8. The Labute approximate surface area is 230 Å². The van der Waals surface area contributed by atoms with E-state index in [-0.39, 0.29) is 17.3 Å². The van der Waals surface area contributed by atoms with Crippen LogP contribution in [-0.2, 0) is 12.1 Å². The minimum absolute atomic E-state index is 0.280. The van der Waals surface area contributed by atoms with E-state index < -0.39 is 0 Å². The number of furan rings is 1. The van der Waals surface area contributed by atoms with Crippen LogP contribution in [-0.4, -0.2) is 30.2 Å². The molecule has 1 amide bonds. The van der Waals surface area contributed by atoms with Crippen molar-refractivity contribution in [3.8, 4) is 28.2 Å². The van der Waals surface area contributed by atoms with Crippen molar-refractivity contribution in [2.45, 2.75) is 38.8 Å². The van der Waals surface area contributed by atoms with Gasteiger partial charge in [-0.05, 0) is 85.0 Å². The Morgan fingerprint density at radius 2 is 1.82 bits per heavy atom. The number of methoxy groups -OCH3 is 1. The van der Waals surface area contributed by atoms with Crippen molar-refractivity contribution >= 4 is 16.9 Å². The average Bonchev–Trinajstić information content (AvgIpc) is 3.46. The first-order valence-electron chi connectivity index (χ1n) is 13.1. The number of carbonyl (C=O) groups is 1. The van der Waals surface area contributed by atoms with Crippen LogP contribution in [0.2, 0.25) is 0 Å². The highest BCUT2D eigenvalue weighted by molar-refractivity contribution is 6.11. The van der Waals surface area contributed by atoms with Crippen molar-refractivity contribution in [2.75, 3.05) is 14.2 Å². The Balaban J connectivity index is 1.39. The molecule has 3 aromatic carbocycles. The summed E-state index contributed by atoms with van der Waals surface area (Å²) in [6.07, 6.45) is 1.87. The van der Waals surface area contributed by atoms with Gasteiger partial charge in [-0.2, -0.15) is 4.98 Å². The zero-order valence-corrected chi connectivity index (χ0v) is 22.7. The van der Waals surface area contributed by atoms with Crippen molar-refractivity contribution in [1.29, 1.82) is 0 Å². The second-order valence-electron chi connectivity index (χ2n) is 10.2. The van der Waals surface area contributed by atoms with Crippen LogP contribution in [0.4, 0.5) is 4.39 Å². The molecule has 0 atom stereocenters. The van der Waals surface area contributed by atoms with Crippen LogP contribution in [0.25, 0.3) is 33.4 Å². The van der Waals surface area contributed by atoms with Gasteiger partial charge in [0.05, 0.1) is 18.2 Å². The minimum atomic E-state index is -0.357. The van der Waals surface area contributed by atoms with E-state index in [2.05, 4.69) is 26.8 Å². The molecule has 8 nitrogen and oxygen atoms in total. The molecule has 40 heavy (non-hydrogen) atoms. The van der Waals surface area contributed by atoms with Gasteiger partial charge in [0.2, 0.25) is 5.89 Å². The molecule has 0 bridgehead atoms. The van der Waals surface area contributed by atoms with Gasteiger partial charge in [-0.3, -0.25) is 4.79 Å². The maximum atomic E-state index is 13.6. The van der Waals surface area contributed by atoms with Crippen molar-refractivity contribution in [3.05, 3.63) is 88.8 Å². The fourth-order valence-electron chi connectivity index (χ4n) is 5.15. The highest BCUT2D eigenvalue weighted by Crippen LogP contribution is 2.45. The summed E-state index contributed by atoms with van der Waals surface area (Å²) in [5, 5.41) is 11.1. The summed E-state index contributed by atoms with van der Waals surface area (Å²) in [5.41, 5.74) is 5.26. The largest absolute Gasteiger partial charge is 0.496 e. The summed E-state index contributed by atoms with van der Waals surface area (Å²) in [6, 6.07) is 15.9. The van der Waals surface area contributed by atoms with Gasteiger partial charge in [0.1, 0.15) is 22.9 Å². The van der Waals surface area contributed by atoms with Gasteiger partial charge in [0.25, 0.3) is 5.91 Å². The summed E-state index contributed by atoms with van der Waals surface area (Å²) >= 11 is 0. The monoisotopic (exact) mass is 540 g/mol. The molecule has 0 saturated heterocycles. The molecule has 0 spiro atoms. The summed E-state index contributed by atoms with van der Waals surface area (Å²) in [7, 11) is 3.24. The SMILES string of the molecule is CNC(=O)c1c(-c2ccc(F)cc2)oc2ccc(-c3cc(CNC4(c5noc(C)n5)CC4)c(OC)cc3C)cc12. The van der Waals surface area contributed by atoms with Crippen molar-refractivity contribution < 1.29 is 22.9 Å². The normalized spacial score (nSPS) is 13.9. The topological polar surface area (TPSA) is 102 Å². The Morgan fingerprint density at radius 3 is 2.48 bits per heavy atom. The Bertz CT molecular complexity index is 1730. The summed E-state index contributed by atoms with van der Waals surface area (Å²) < 4.78 is 30.6. The van der Waals surface area contributed by atoms with Crippen LogP contribution in [0.15, 0.2) is 63.5 Å². The second kappa shape index (κ2) is 9.91. The number of halogens is 1. The zero-order valence-electron chi connectivity index (χ0n) is 22.7. The number of amides is 1. The first-order valence-corrected chi connectivity index (χ1v) is 13.1. The fraction of sp³-hybridized carbons (Fsp3) is 0.258. The lowest BCUT2D eigenvalue weighted by molar-refractivity contribution is 0.0964. The second-order valence-corrected chi connectivity index (χ2v) is 10.2. The van der Waals surface area contributed by atoms with E-state index in [9.17, 15) is 9.18 Å². The number of carbonyl (C=O) groups excluding carboxylic acids is 1. The maximum Gasteiger partial charge on any atom is 0.255 e. The Kier molecular flexibility index (Phi) is 6.38. The molecule has 9 heteroatoms. The van der Waals surface area contributed by atoms with Crippen LogP contribution in [0.3, 0.4) is 0 Å². The Hall–Kier alpha value is -4.50. The van der Waals surface area contributed by atoms with Crippen LogP contribution in [0.1, 0.15) is 46.0 Å². The predicted octanol–water partition coefficient (Wildman–Crippen LogP) is 6.05. The molecular formula is C31H29FN4O4. The van der Waals surface area contributed by atoms with Crippen molar-refractivity contribution in [2.24, 2.45) is 0 Å². The van der Waals surface area contributed by atoms with Gasteiger partial charge in [0.15, 0.2) is 5.82 Å². The van der Waals surface area contributed by atoms with E-state index in [0.717, 1.165) is 40.8 Å². The predicted molar refractivity (Wildman–Crippen MR) is 149 cm³/mol. The number of benzene rings is 3. The molecule has 1 aliphatic rings. The molecule has 2 aromatic heterocycles. The molecule has 1 saturated carbocycles. The van der Waals surface area contributed by atoms with Gasteiger partial charge in [-0.25, -0.2) is 4.39 Å². The molecule has 2 heterocycles. The number of hydrogen-bond acceptors (Lipinski definition) is 7. The fourth-order valence-corrected chi connectivity index (χ4v) is 5.15. The summed E-state index contributed by atoms with van der Waals surface area (Å²) in [5.74, 6) is 1.77. The average molecular weight is 541 g/mol. The van der Waals surface area contributed by atoms with Crippen molar-refractivity contribution in [1.82, 2.24) is 20.8 Å². The van der Waals surface area contributed by atoms with Gasteiger partial charge in [0, 0.05) is 37.0 Å². The van der Waals surface area contributed by atoms with Crippen LogP contribution < -0.4 is 15.4 Å². The summed E-state index contributed by atoms with van der Waals surface area (Å²) in [4.78, 5) is 17.5. The molecule has 6 rings (SSSR count). The number of hydrogen-bond donors (Lipinski definition) is 2.